The lowest BCUT2D eigenvalue weighted by molar-refractivity contribution is 0.00734. The molecule has 1 unspecified atom stereocenters. The van der Waals surface area contributed by atoms with Crippen molar-refractivity contribution in [3.8, 4) is 0 Å². The highest BCUT2D eigenvalue weighted by atomic mass is 16.6. The van der Waals surface area contributed by atoms with Gasteiger partial charge in [0.2, 0.25) is 0 Å². The Hall–Kier alpha value is -0.770. The molecule has 1 rings (SSSR count). The zero-order valence-corrected chi connectivity index (χ0v) is 11.6. The number of hydrogen-bond acceptors (Lipinski definition) is 3. The van der Waals surface area contributed by atoms with E-state index in [0.717, 1.165) is 6.42 Å². The summed E-state index contributed by atoms with van der Waals surface area (Å²) in [5.74, 6) is 0.292. The van der Waals surface area contributed by atoms with Crippen molar-refractivity contribution in [3.05, 3.63) is 0 Å². The van der Waals surface area contributed by atoms with Gasteiger partial charge in [-0.15, -0.1) is 0 Å². The summed E-state index contributed by atoms with van der Waals surface area (Å²) in [5.41, 5.74) is -0.482. The van der Waals surface area contributed by atoms with Crippen LogP contribution in [0.15, 0.2) is 0 Å². The van der Waals surface area contributed by atoms with Crippen LogP contribution in [0.2, 0.25) is 0 Å². The minimum Gasteiger partial charge on any atom is -0.444 e. The monoisotopic (exact) mass is 243 g/mol. The predicted octanol–water partition coefficient (Wildman–Crippen LogP) is 2.40. The fourth-order valence-electron chi connectivity index (χ4n) is 2.26. The van der Waals surface area contributed by atoms with Crippen LogP contribution in [0.4, 0.5) is 4.79 Å². The molecule has 0 aromatic rings. The average Bonchev–Trinajstić information content (AvgIpc) is 2.56. The quantitative estimate of drug-likeness (QED) is 0.810. The summed E-state index contributed by atoms with van der Waals surface area (Å²) < 4.78 is 5.37. The number of carbonyl (C=O) groups excluding carboxylic acids is 1. The highest BCUT2D eigenvalue weighted by Crippen LogP contribution is 2.27. The first-order chi connectivity index (χ1) is 7.76. The molecular formula is C13H25NO3. The number of carbonyl (C=O) groups is 1. The normalized spacial score (nSPS) is 27.1. The van der Waals surface area contributed by atoms with Crippen molar-refractivity contribution in [2.45, 2.75) is 65.2 Å². The fourth-order valence-corrected chi connectivity index (χ4v) is 2.26. The van der Waals surface area contributed by atoms with E-state index in [1.165, 1.54) is 0 Å². The lowest BCUT2D eigenvalue weighted by Gasteiger charge is -2.32. The van der Waals surface area contributed by atoms with Crippen molar-refractivity contribution in [2.24, 2.45) is 5.92 Å². The first kappa shape index (κ1) is 14.3. The Balaban J connectivity index is 2.72. The smallest absolute Gasteiger partial charge is 0.410 e. The topological polar surface area (TPSA) is 49.8 Å². The van der Waals surface area contributed by atoms with Crippen molar-refractivity contribution in [2.75, 3.05) is 6.54 Å². The molecule has 3 atom stereocenters. The SMILES string of the molecule is CC[C@H](C)[C@H]1C(O)CCN1C(=O)OC(C)(C)C. The largest absolute Gasteiger partial charge is 0.444 e. The van der Waals surface area contributed by atoms with E-state index in [1.54, 1.807) is 4.90 Å². The molecule has 0 radical (unpaired) electrons. The Morgan fingerprint density at radius 1 is 1.53 bits per heavy atom. The van der Waals surface area contributed by atoms with Gasteiger partial charge in [-0.2, -0.15) is 0 Å². The van der Waals surface area contributed by atoms with Gasteiger partial charge in [0.05, 0.1) is 12.1 Å². The van der Waals surface area contributed by atoms with Crippen LogP contribution in [-0.4, -0.2) is 40.4 Å². The van der Waals surface area contributed by atoms with Crippen molar-refractivity contribution in [1.82, 2.24) is 4.90 Å². The van der Waals surface area contributed by atoms with E-state index >= 15 is 0 Å². The molecule has 0 spiro atoms. The maximum absolute atomic E-state index is 12.0. The van der Waals surface area contributed by atoms with Crippen LogP contribution < -0.4 is 0 Å². The standard InChI is InChI=1S/C13H25NO3/c1-6-9(2)11-10(15)7-8-14(11)12(16)17-13(3,4)5/h9-11,15H,6-8H2,1-5H3/t9-,10?,11-/m0/s1. The van der Waals surface area contributed by atoms with Gasteiger partial charge in [-0.1, -0.05) is 20.3 Å². The molecule has 4 heteroatoms. The predicted molar refractivity (Wildman–Crippen MR) is 66.8 cm³/mol. The van der Waals surface area contributed by atoms with Crippen molar-refractivity contribution >= 4 is 6.09 Å². The lowest BCUT2D eigenvalue weighted by Crippen LogP contribution is -2.45. The second-order valence-electron chi connectivity index (χ2n) is 5.91. The highest BCUT2D eigenvalue weighted by molar-refractivity contribution is 5.69. The summed E-state index contributed by atoms with van der Waals surface area (Å²) in [5, 5.41) is 9.96. The summed E-state index contributed by atoms with van der Waals surface area (Å²) in [4.78, 5) is 13.7. The van der Waals surface area contributed by atoms with Crippen LogP contribution in [0.5, 0.6) is 0 Å². The lowest BCUT2D eigenvalue weighted by atomic mass is 9.95. The van der Waals surface area contributed by atoms with Crippen molar-refractivity contribution < 1.29 is 14.6 Å². The number of aliphatic hydroxyl groups is 1. The Labute approximate surface area is 104 Å². The average molecular weight is 243 g/mol. The van der Waals surface area contributed by atoms with Gasteiger partial charge in [-0.25, -0.2) is 4.79 Å². The zero-order chi connectivity index (χ0) is 13.2. The minimum atomic E-state index is -0.482. The molecule has 1 aliphatic rings. The van der Waals surface area contributed by atoms with E-state index < -0.39 is 11.7 Å². The molecule has 0 saturated carbocycles. The highest BCUT2D eigenvalue weighted by Gasteiger charge is 2.40. The Kier molecular flexibility index (Phi) is 4.42. The first-order valence-electron chi connectivity index (χ1n) is 6.44. The summed E-state index contributed by atoms with van der Waals surface area (Å²) >= 11 is 0. The zero-order valence-electron chi connectivity index (χ0n) is 11.6. The molecule has 1 fully saturated rings. The third kappa shape index (κ3) is 3.60. The van der Waals surface area contributed by atoms with Gasteiger partial charge in [0.15, 0.2) is 0 Å². The van der Waals surface area contributed by atoms with E-state index in [4.69, 9.17) is 4.74 Å². The van der Waals surface area contributed by atoms with Crippen LogP contribution in [-0.2, 0) is 4.74 Å². The number of likely N-dealkylation sites (tertiary alicyclic amines) is 1. The molecule has 1 amide bonds. The summed E-state index contributed by atoms with van der Waals surface area (Å²) in [7, 11) is 0. The number of rotatable bonds is 2. The summed E-state index contributed by atoms with van der Waals surface area (Å²) in [6.07, 6.45) is 0.867. The second kappa shape index (κ2) is 5.25. The Morgan fingerprint density at radius 3 is 2.59 bits per heavy atom. The van der Waals surface area contributed by atoms with Gasteiger partial charge in [0.25, 0.3) is 0 Å². The van der Waals surface area contributed by atoms with Gasteiger partial charge in [0, 0.05) is 6.54 Å². The Bertz CT molecular complexity index is 272. The van der Waals surface area contributed by atoms with Crippen LogP contribution in [0.3, 0.4) is 0 Å². The van der Waals surface area contributed by atoms with E-state index in [1.807, 2.05) is 20.8 Å². The summed E-state index contributed by atoms with van der Waals surface area (Å²) in [6, 6.07) is -0.102. The number of amides is 1. The third-order valence-electron chi connectivity index (χ3n) is 3.27. The second-order valence-corrected chi connectivity index (χ2v) is 5.91. The van der Waals surface area contributed by atoms with E-state index in [9.17, 15) is 9.90 Å². The molecular weight excluding hydrogens is 218 g/mol. The number of hydrogen-bond donors (Lipinski definition) is 1. The van der Waals surface area contributed by atoms with Crippen LogP contribution >= 0.6 is 0 Å². The van der Waals surface area contributed by atoms with Gasteiger partial charge in [-0.05, 0) is 33.1 Å². The molecule has 4 nitrogen and oxygen atoms in total. The molecule has 1 aliphatic heterocycles. The first-order valence-corrected chi connectivity index (χ1v) is 6.44. The molecule has 0 aliphatic carbocycles. The van der Waals surface area contributed by atoms with E-state index in [0.29, 0.717) is 18.9 Å². The van der Waals surface area contributed by atoms with Gasteiger partial charge in [0.1, 0.15) is 5.60 Å². The number of ether oxygens (including phenoxy) is 1. The molecule has 0 aromatic heterocycles. The molecule has 1 saturated heterocycles. The van der Waals surface area contributed by atoms with E-state index in [2.05, 4.69) is 13.8 Å². The molecule has 100 valence electrons. The number of nitrogens with zero attached hydrogens (tertiary/aromatic N) is 1. The molecule has 0 bridgehead atoms. The molecule has 17 heavy (non-hydrogen) atoms. The minimum absolute atomic E-state index is 0.102. The third-order valence-corrected chi connectivity index (χ3v) is 3.27. The summed E-state index contributed by atoms with van der Waals surface area (Å²) in [6.45, 7) is 10.3. The maximum Gasteiger partial charge on any atom is 0.410 e. The van der Waals surface area contributed by atoms with Crippen LogP contribution in [0, 0.1) is 5.92 Å². The maximum atomic E-state index is 12.0. The van der Waals surface area contributed by atoms with Gasteiger partial charge < -0.3 is 14.7 Å². The molecule has 1 N–H and O–H groups in total. The fraction of sp³-hybridized carbons (Fsp3) is 0.923. The molecule has 0 aromatic carbocycles. The van der Waals surface area contributed by atoms with E-state index in [-0.39, 0.29) is 12.1 Å². The van der Waals surface area contributed by atoms with Gasteiger partial charge >= 0.3 is 6.09 Å². The van der Waals surface area contributed by atoms with Gasteiger partial charge in [-0.3, -0.25) is 0 Å². The van der Waals surface area contributed by atoms with Crippen molar-refractivity contribution in [1.29, 1.82) is 0 Å². The van der Waals surface area contributed by atoms with Crippen LogP contribution in [0.1, 0.15) is 47.5 Å². The van der Waals surface area contributed by atoms with Crippen LogP contribution in [0.25, 0.3) is 0 Å². The van der Waals surface area contributed by atoms with Crippen molar-refractivity contribution in [3.63, 3.8) is 0 Å². The molecule has 1 heterocycles. The Morgan fingerprint density at radius 2 is 2.12 bits per heavy atom. The number of aliphatic hydroxyl groups excluding tert-OH is 1.